The summed E-state index contributed by atoms with van der Waals surface area (Å²) in [6.45, 7) is 0.475. The average molecular weight is 489 g/mol. The highest BCUT2D eigenvalue weighted by Gasteiger charge is 2.35. The Morgan fingerprint density at radius 1 is 1.03 bits per heavy atom. The average Bonchev–Trinajstić information content (AvgIpc) is 3.28. The lowest BCUT2D eigenvalue weighted by Crippen LogP contribution is -2.21. The summed E-state index contributed by atoms with van der Waals surface area (Å²) in [7, 11) is 0. The van der Waals surface area contributed by atoms with Gasteiger partial charge in [-0.05, 0) is 47.5 Å². The van der Waals surface area contributed by atoms with Crippen LogP contribution >= 0.6 is 23.2 Å². The maximum Gasteiger partial charge on any atom is 0.244 e. The molecule has 3 N–H and O–H groups in total. The Balaban J connectivity index is 1.50. The van der Waals surface area contributed by atoms with Gasteiger partial charge in [0.1, 0.15) is 24.0 Å². The van der Waals surface area contributed by atoms with Crippen molar-refractivity contribution in [2.75, 3.05) is 0 Å². The molecule has 0 unspecified atom stereocenters. The highest BCUT2D eigenvalue weighted by atomic mass is 35.5. The van der Waals surface area contributed by atoms with E-state index in [1.54, 1.807) is 12.1 Å². The summed E-state index contributed by atoms with van der Waals surface area (Å²) < 4.78 is 11.6. The molecule has 0 radical (unpaired) electrons. The molecule has 1 atom stereocenters. The van der Waals surface area contributed by atoms with E-state index < -0.39 is 5.92 Å². The summed E-state index contributed by atoms with van der Waals surface area (Å²) in [5.41, 5.74) is 10.4. The summed E-state index contributed by atoms with van der Waals surface area (Å²) in [6, 6.07) is 25.0. The molecule has 168 valence electrons. The number of hydrogen-bond donors (Lipinski definition) is 2. The summed E-state index contributed by atoms with van der Waals surface area (Å²) in [4.78, 5) is 0. The van der Waals surface area contributed by atoms with Gasteiger partial charge in [-0.1, -0.05) is 59.6 Å². The Kier molecular flexibility index (Phi) is 5.89. The lowest BCUT2D eigenvalue weighted by atomic mass is 9.83. The van der Waals surface area contributed by atoms with Gasteiger partial charge < -0.3 is 15.2 Å². The number of allylic oxidation sites excluding steroid dienone is 1. The lowest BCUT2D eigenvalue weighted by molar-refractivity contribution is 0.306. The number of aromatic nitrogens is 2. The molecule has 0 bridgehead atoms. The Labute approximate surface area is 206 Å². The van der Waals surface area contributed by atoms with E-state index in [2.05, 4.69) is 16.3 Å². The quantitative estimate of drug-likeness (QED) is 0.349. The van der Waals surface area contributed by atoms with E-state index in [4.69, 9.17) is 38.4 Å². The first-order valence-electron chi connectivity index (χ1n) is 10.4. The molecule has 5 rings (SSSR count). The number of nitrogens with one attached hydrogen (secondary N) is 1. The zero-order valence-corrected chi connectivity index (χ0v) is 19.3. The molecule has 0 spiro atoms. The molecule has 0 amide bonds. The van der Waals surface area contributed by atoms with Crippen molar-refractivity contribution in [2.24, 2.45) is 5.73 Å². The Morgan fingerprint density at radius 2 is 1.79 bits per heavy atom. The van der Waals surface area contributed by atoms with Crippen LogP contribution in [0.2, 0.25) is 10.0 Å². The second-order valence-corrected chi connectivity index (χ2v) is 8.53. The van der Waals surface area contributed by atoms with Crippen molar-refractivity contribution >= 4 is 23.2 Å². The minimum Gasteiger partial charge on any atom is -0.489 e. The van der Waals surface area contributed by atoms with Crippen LogP contribution in [-0.4, -0.2) is 10.2 Å². The van der Waals surface area contributed by atoms with Crippen LogP contribution in [0.4, 0.5) is 0 Å². The van der Waals surface area contributed by atoms with Crippen LogP contribution in [0.5, 0.6) is 11.6 Å². The third-order valence-corrected chi connectivity index (χ3v) is 6.35. The first kappa shape index (κ1) is 21.9. The van der Waals surface area contributed by atoms with Gasteiger partial charge in [-0.25, -0.2) is 0 Å². The summed E-state index contributed by atoms with van der Waals surface area (Å²) in [6.07, 6.45) is 0. The molecule has 3 aromatic carbocycles. The van der Waals surface area contributed by atoms with Crippen LogP contribution in [0.25, 0.3) is 11.3 Å². The van der Waals surface area contributed by atoms with E-state index in [-0.39, 0.29) is 11.5 Å². The van der Waals surface area contributed by atoms with Crippen LogP contribution in [-0.2, 0) is 6.61 Å². The smallest absolute Gasteiger partial charge is 0.244 e. The van der Waals surface area contributed by atoms with E-state index in [9.17, 15) is 5.26 Å². The number of halogens is 2. The number of ether oxygens (including phenoxy) is 2. The minimum atomic E-state index is -0.522. The zero-order chi connectivity index (χ0) is 23.7. The number of nitriles is 1. The third kappa shape index (κ3) is 4.08. The van der Waals surface area contributed by atoms with Gasteiger partial charge in [0, 0.05) is 5.56 Å². The molecule has 1 aromatic heterocycles. The summed E-state index contributed by atoms with van der Waals surface area (Å²) in [5, 5.41) is 18.0. The van der Waals surface area contributed by atoms with Crippen molar-refractivity contribution in [2.45, 2.75) is 12.5 Å². The van der Waals surface area contributed by atoms with E-state index in [0.29, 0.717) is 33.8 Å². The molecule has 8 heteroatoms. The predicted octanol–water partition coefficient (Wildman–Crippen LogP) is 6.18. The number of nitrogens with two attached hydrogens (primary N) is 1. The SMILES string of the molecule is N#CC1=C(N)Oc2n[nH]c(-c3ccc(OCc4ccccc4)cc3)c2[C@@H]1c1ccc(Cl)c(Cl)c1. The van der Waals surface area contributed by atoms with Gasteiger partial charge in [-0.3, -0.25) is 5.10 Å². The Bertz CT molecular complexity index is 1420. The molecule has 0 fully saturated rings. The number of benzene rings is 3. The highest BCUT2D eigenvalue weighted by molar-refractivity contribution is 6.42. The van der Waals surface area contributed by atoms with Crippen LogP contribution in [0.15, 0.2) is 84.3 Å². The van der Waals surface area contributed by atoms with E-state index >= 15 is 0 Å². The second-order valence-electron chi connectivity index (χ2n) is 7.71. The largest absolute Gasteiger partial charge is 0.489 e. The summed E-state index contributed by atoms with van der Waals surface area (Å²) >= 11 is 12.4. The van der Waals surface area contributed by atoms with Gasteiger partial charge in [0.25, 0.3) is 0 Å². The predicted molar refractivity (Wildman–Crippen MR) is 131 cm³/mol. The molecular weight excluding hydrogens is 471 g/mol. The fourth-order valence-corrected chi connectivity index (χ4v) is 4.26. The van der Waals surface area contributed by atoms with E-state index in [1.807, 2.05) is 60.7 Å². The lowest BCUT2D eigenvalue weighted by Gasteiger charge is -2.24. The number of hydrogen-bond acceptors (Lipinski definition) is 5. The molecule has 0 saturated carbocycles. The van der Waals surface area contributed by atoms with Gasteiger partial charge >= 0.3 is 0 Å². The standard InChI is InChI=1S/C26H18Cl2N4O2/c27-20-11-8-17(12-21(20)28)22-19(13-29)25(30)34-26-23(22)24(31-32-26)16-6-9-18(10-7-16)33-14-15-4-2-1-3-5-15/h1-12,22H,14,30H2,(H,31,32)/t22-/m1/s1. The Hall–Kier alpha value is -3.92. The number of fused-ring (bicyclic) bond motifs is 1. The van der Waals surface area contributed by atoms with Gasteiger partial charge in [0.15, 0.2) is 0 Å². The Morgan fingerprint density at radius 3 is 2.50 bits per heavy atom. The van der Waals surface area contributed by atoms with Crippen molar-refractivity contribution in [1.29, 1.82) is 5.26 Å². The van der Waals surface area contributed by atoms with Gasteiger partial charge in [-0.15, -0.1) is 5.10 Å². The third-order valence-electron chi connectivity index (χ3n) is 5.61. The topological polar surface area (TPSA) is 97.0 Å². The van der Waals surface area contributed by atoms with E-state index in [1.165, 1.54) is 0 Å². The molecule has 34 heavy (non-hydrogen) atoms. The minimum absolute atomic E-state index is 0.00813. The van der Waals surface area contributed by atoms with Crippen molar-refractivity contribution < 1.29 is 9.47 Å². The molecule has 1 aliphatic heterocycles. The number of aromatic amines is 1. The molecule has 1 aliphatic rings. The summed E-state index contributed by atoms with van der Waals surface area (Å²) in [5.74, 6) is 0.534. The number of rotatable bonds is 5. The maximum atomic E-state index is 9.86. The van der Waals surface area contributed by atoms with E-state index in [0.717, 1.165) is 22.4 Å². The fraction of sp³-hybridized carbons (Fsp3) is 0.0769. The molecule has 4 aromatic rings. The first-order valence-corrected chi connectivity index (χ1v) is 11.2. The highest BCUT2D eigenvalue weighted by Crippen LogP contribution is 2.46. The number of H-pyrrole nitrogens is 1. The van der Waals surface area contributed by atoms with Crippen molar-refractivity contribution in [1.82, 2.24) is 10.2 Å². The van der Waals surface area contributed by atoms with Crippen molar-refractivity contribution in [3.63, 3.8) is 0 Å². The van der Waals surface area contributed by atoms with Crippen LogP contribution < -0.4 is 15.2 Å². The monoisotopic (exact) mass is 488 g/mol. The molecule has 0 aliphatic carbocycles. The molecule has 6 nitrogen and oxygen atoms in total. The van der Waals surface area contributed by atoms with Gasteiger partial charge in [0.05, 0.1) is 27.2 Å². The maximum absolute atomic E-state index is 9.86. The second kappa shape index (κ2) is 9.14. The fourth-order valence-electron chi connectivity index (χ4n) is 3.95. The van der Waals surface area contributed by atoms with Gasteiger partial charge in [0.2, 0.25) is 11.8 Å². The van der Waals surface area contributed by atoms with Crippen LogP contribution in [0, 0.1) is 11.3 Å². The molecule has 0 saturated heterocycles. The van der Waals surface area contributed by atoms with Crippen LogP contribution in [0.1, 0.15) is 22.6 Å². The normalized spacial score (nSPS) is 14.8. The molecule has 2 heterocycles. The zero-order valence-electron chi connectivity index (χ0n) is 17.8. The molecular formula is C26H18Cl2N4O2. The number of nitrogens with zero attached hydrogens (tertiary/aromatic N) is 2. The van der Waals surface area contributed by atoms with Gasteiger partial charge in [-0.2, -0.15) is 5.26 Å². The van der Waals surface area contributed by atoms with Crippen LogP contribution in [0.3, 0.4) is 0 Å². The van der Waals surface area contributed by atoms with Crippen molar-refractivity contribution in [3.8, 4) is 29.0 Å². The van der Waals surface area contributed by atoms with Crippen molar-refractivity contribution in [3.05, 3.63) is 111 Å². The first-order chi connectivity index (χ1) is 16.5.